The molecule has 2 rings (SSSR count). The van der Waals surface area contributed by atoms with Crippen LogP contribution in [0.25, 0.3) is 11.0 Å². The van der Waals surface area contributed by atoms with E-state index in [1.54, 1.807) is 6.20 Å². The van der Waals surface area contributed by atoms with E-state index >= 15 is 0 Å². The topological polar surface area (TPSA) is 56.7 Å². The van der Waals surface area contributed by atoms with Crippen molar-refractivity contribution in [3.05, 3.63) is 18.5 Å². The lowest BCUT2D eigenvalue weighted by molar-refractivity contribution is 0.615. The van der Waals surface area contributed by atoms with Crippen LogP contribution in [0.4, 0.5) is 5.69 Å². The van der Waals surface area contributed by atoms with E-state index in [-0.39, 0.29) is 0 Å². The fraction of sp³-hybridized carbons (Fsp3) is 0.333. The first kappa shape index (κ1) is 8.04. The lowest BCUT2D eigenvalue weighted by atomic mass is 10.3. The van der Waals surface area contributed by atoms with Gasteiger partial charge in [-0.2, -0.15) is 5.10 Å². The molecule has 0 saturated heterocycles. The minimum absolute atomic E-state index is 0.383. The number of nitrogen functional groups attached to an aromatic ring is 1. The summed E-state index contributed by atoms with van der Waals surface area (Å²) in [5.41, 5.74) is 7.29. The first-order valence-electron chi connectivity index (χ1n) is 4.28. The Labute approximate surface area is 76.4 Å². The molecule has 0 aliphatic rings. The summed E-state index contributed by atoms with van der Waals surface area (Å²) >= 11 is 0. The lowest BCUT2D eigenvalue weighted by Crippen LogP contribution is -2.01. The van der Waals surface area contributed by atoms with Crippen molar-refractivity contribution in [1.82, 2.24) is 14.8 Å². The molecule has 2 N–H and O–H groups in total. The van der Waals surface area contributed by atoms with E-state index < -0.39 is 0 Å². The molecule has 0 aromatic carbocycles. The molecule has 0 aliphatic heterocycles. The van der Waals surface area contributed by atoms with Crippen LogP contribution in [0.3, 0.4) is 0 Å². The van der Waals surface area contributed by atoms with Crippen molar-refractivity contribution in [2.75, 3.05) is 5.73 Å². The lowest BCUT2D eigenvalue weighted by Gasteiger charge is -2.07. The second kappa shape index (κ2) is 2.73. The highest BCUT2D eigenvalue weighted by atomic mass is 15.2. The Bertz CT molecular complexity index is 430. The van der Waals surface area contributed by atoms with Crippen LogP contribution >= 0.6 is 0 Å². The van der Waals surface area contributed by atoms with Crippen LogP contribution in [-0.4, -0.2) is 14.8 Å². The largest absolute Gasteiger partial charge is 0.397 e. The third kappa shape index (κ3) is 1.14. The van der Waals surface area contributed by atoms with E-state index in [4.69, 9.17) is 5.73 Å². The standard InChI is InChI=1S/C9H12N4/c1-6(2)13-4-3-7-8(10)5-11-12-9(7)13/h3-6H,1-2H3,(H2,10,12). The van der Waals surface area contributed by atoms with Gasteiger partial charge in [-0.25, -0.2) is 0 Å². The van der Waals surface area contributed by atoms with E-state index in [1.807, 2.05) is 12.3 Å². The van der Waals surface area contributed by atoms with Gasteiger partial charge in [0.1, 0.15) is 0 Å². The first-order valence-corrected chi connectivity index (χ1v) is 4.28. The zero-order valence-corrected chi connectivity index (χ0v) is 7.73. The Morgan fingerprint density at radius 2 is 2.23 bits per heavy atom. The molecule has 0 aliphatic carbocycles. The van der Waals surface area contributed by atoms with Crippen molar-refractivity contribution < 1.29 is 0 Å². The van der Waals surface area contributed by atoms with Crippen LogP contribution < -0.4 is 5.73 Å². The Morgan fingerprint density at radius 3 is 2.92 bits per heavy atom. The monoisotopic (exact) mass is 176 g/mol. The maximum absolute atomic E-state index is 5.75. The van der Waals surface area contributed by atoms with Gasteiger partial charge in [0.15, 0.2) is 5.65 Å². The van der Waals surface area contributed by atoms with Crippen LogP contribution in [0, 0.1) is 0 Å². The molecule has 0 atom stereocenters. The van der Waals surface area contributed by atoms with Crippen LogP contribution in [-0.2, 0) is 0 Å². The van der Waals surface area contributed by atoms with E-state index in [1.165, 1.54) is 0 Å². The second-order valence-electron chi connectivity index (χ2n) is 3.35. The van der Waals surface area contributed by atoms with Crippen molar-refractivity contribution in [3.8, 4) is 0 Å². The summed E-state index contributed by atoms with van der Waals surface area (Å²) < 4.78 is 2.05. The fourth-order valence-corrected chi connectivity index (χ4v) is 1.40. The molecule has 4 nitrogen and oxygen atoms in total. The third-order valence-corrected chi connectivity index (χ3v) is 2.10. The molecule has 0 saturated carbocycles. The summed E-state index contributed by atoms with van der Waals surface area (Å²) in [6.45, 7) is 4.20. The molecule has 0 radical (unpaired) electrons. The molecular weight excluding hydrogens is 164 g/mol. The Kier molecular flexibility index (Phi) is 1.69. The molecule has 0 fully saturated rings. The molecule has 0 unspecified atom stereocenters. The van der Waals surface area contributed by atoms with Crippen LogP contribution in [0.2, 0.25) is 0 Å². The highest BCUT2D eigenvalue weighted by Crippen LogP contribution is 2.21. The molecular formula is C9H12N4. The zero-order chi connectivity index (χ0) is 9.42. The zero-order valence-electron chi connectivity index (χ0n) is 7.73. The van der Waals surface area contributed by atoms with Crippen molar-refractivity contribution in [3.63, 3.8) is 0 Å². The SMILES string of the molecule is CC(C)n1ccc2c(N)cnnc21. The number of nitrogens with zero attached hydrogens (tertiary/aromatic N) is 3. The van der Waals surface area contributed by atoms with Gasteiger partial charge in [0.25, 0.3) is 0 Å². The summed E-state index contributed by atoms with van der Waals surface area (Å²) in [7, 11) is 0. The number of anilines is 1. The fourth-order valence-electron chi connectivity index (χ4n) is 1.40. The number of aromatic nitrogens is 3. The number of rotatable bonds is 1. The van der Waals surface area contributed by atoms with Gasteiger partial charge < -0.3 is 10.3 Å². The van der Waals surface area contributed by atoms with Crippen molar-refractivity contribution in [2.45, 2.75) is 19.9 Å². The predicted molar refractivity (Wildman–Crippen MR) is 52.3 cm³/mol. The molecule has 0 bridgehead atoms. The normalized spacial score (nSPS) is 11.3. The van der Waals surface area contributed by atoms with E-state index in [9.17, 15) is 0 Å². The average molecular weight is 176 g/mol. The molecule has 2 aromatic rings. The third-order valence-electron chi connectivity index (χ3n) is 2.10. The van der Waals surface area contributed by atoms with Crippen LogP contribution in [0.5, 0.6) is 0 Å². The maximum atomic E-state index is 5.75. The van der Waals surface area contributed by atoms with Gasteiger partial charge in [0.2, 0.25) is 0 Å². The molecule has 2 aromatic heterocycles. The highest BCUT2D eigenvalue weighted by molar-refractivity contribution is 5.87. The molecule has 0 spiro atoms. The Balaban J connectivity index is 2.75. The van der Waals surface area contributed by atoms with Gasteiger partial charge in [0.05, 0.1) is 11.9 Å². The smallest absolute Gasteiger partial charge is 0.164 e. The molecule has 68 valence electrons. The number of nitrogens with two attached hydrogens (primary N) is 1. The molecule has 2 heterocycles. The summed E-state index contributed by atoms with van der Waals surface area (Å²) in [6, 6.07) is 2.35. The van der Waals surface area contributed by atoms with Gasteiger partial charge >= 0.3 is 0 Å². The van der Waals surface area contributed by atoms with E-state index in [2.05, 4.69) is 28.6 Å². The average Bonchev–Trinajstić information content (AvgIpc) is 2.48. The quantitative estimate of drug-likeness (QED) is 0.717. The van der Waals surface area contributed by atoms with Crippen molar-refractivity contribution >= 4 is 16.7 Å². The highest BCUT2D eigenvalue weighted by Gasteiger charge is 2.07. The Morgan fingerprint density at radius 1 is 1.46 bits per heavy atom. The van der Waals surface area contributed by atoms with Gasteiger partial charge in [-0.15, -0.1) is 5.10 Å². The molecule has 4 heteroatoms. The van der Waals surface area contributed by atoms with Gasteiger partial charge in [-0.3, -0.25) is 0 Å². The van der Waals surface area contributed by atoms with Gasteiger partial charge in [0, 0.05) is 17.6 Å². The van der Waals surface area contributed by atoms with Crippen LogP contribution in [0.1, 0.15) is 19.9 Å². The molecule has 0 amide bonds. The maximum Gasteiger partial charge on any atom is 0.164 e. The second-order valence-corrected chi connectivity index (χ2v) is 3.35. The Hall–Kier alpha value is -1.58. The predicted octanol–water partition coefficient (Wildman–Crippen LogP) is 1.59. The van der Waals surface area contributed by atoms with Crippen LogP contribution in [0.15, 0.2) is 18.5 Å². The minimum Gasteiger partial charge on any atom is -0.397 e. The first-order chi connectivity index (χ1) is 6.20. The number of hydrogen-bond acceptors (Lipinski definition) is 3. The van der Waals surface area contributed by atoms with E-state index in [0.717, 1.165) is 11.0 Å². The van der Waals surface area contributed by atoms with Crippen molar-refractivity contribution in [2.24, 2.45) is 0 Å². The number of fused-ring (bicyclic) bond motifs is 1. The summed E-state index contributed by atoms with van der Waals surface area (Å²) in [5, 5.41) is 8.86. The van der Waals surface area contributed by atoms with E-state index in [0.29, 0.717) is 11.7 Å². The van der Waals surface area contributed by atoms with Gasteiger partial charge in [-0.1, -0.05) is 0 Å². The molecule has 13 heavy (non-hydrogen) atoms. The summed E-state index contributed by atoms with van der Waals surface area (Å²) in [4.78, 5) is 0. The summed E-state index contributed by atoms with van der Waals surface area (Å²) in [5.74, 6) is 0. The minimum atomic E-state index is 0.383. The number of hydrogen-bond donors (Lipinski definition) is 1. The summed E-state index contributed by atoms with van der Waals surface area (Å²) in [6.07, 6.45) is 3.56. The van der Waals surface area contributed by atoms with Gasteiger partial charge in [-0.05, 0) is 19.9 Å². The van der Waals surface area contributed by atoms with Crippen molar-refractivity contribution in [1.29, 1.82) is 0 Å².